The van der Waals surface area contributed by atoms with E-state index < -0.39 is 0 Å². The molecule has 122 valence electrons. The van der Waals surface area contributed by atoms with Gasteiger partial charge in [-0.3, -0.25) is 9.69 Å². The van der Waals surface area contributed by atoms with E-state index in [4.69, 9.17) is 9.15 Å². The van der Waals surface area contributed by atoms with Crippen LogP contribution in [0.15, 0.2) is 16.7 Å². The quantitative estimate of drug-likeness (QED) is 0.856. The van der Waals surface area contributed by atoms with Crippen LogP contribution in [0.1, 0.15) is 41.8 Å². The molecule has 1 aromatic rings. The maximum atomic E-state index is 12.8. The first kappa shape index (κ1) is 15.6. The molecule has 3 heterocycles. The molecule has 5 nitrogen and oxygen atoms in total. The lowest BCUT2D eigenvalue weighted by atomic mass is 9.98. The molecule has 5 heteroatoms. The minimum Gasteiger partial charge on any atom is -0.469 e. The Balaban J connectivity index is 1.61. The van der Waals surface area contributed by atoms with Crippen LogP contribution in [0.4, 0.5) is 0 Å². The maximum Gasteiger partial charge on any atom is 0.257 e. The van der Waals surface area contributed by atoms with E-state index in [1.165, 1.54) is 6.42 Å². The van der Waals surface area contributed by atoms with Gasteiger partial charge >= 0.3 is 0 Å². The minimum atomic E-state index is 0.137. The van der Waals surface area contributed by atoms with Crippen LogP contribution in [-0.4, -0.2) is 61.1 Å². The predicted octanol–water partition coefficient (Wildman–Crippen LogP) is 2.31. The van der Waals surface area contributed by atoms with Gasteiger partial charge < -0.3 is 14.1 Å². The Morgan fingerprint density at radius 3 is 2.82 bits per heavy atom. The summed E-state index contributed by atoms with van der Waals surface area (Å²) >= 11 is 0. The highest BCUT2D eigenvalue weighted by molar-refractivity contribution is 5.95. The van der Waals surface area contributed by atoms with E-state index in [-0.39, 0.29) is 5.91 Å². The number of amides is 1. The SMILES string of the molecule is Cc1occc1C(=O)N1CCCC[C@@H]1CCN1CCOCC1. The molecule has 2 fully saturated rings. The van der Waals surface area contributed by atoms with Gasteiger partial charge in [0.05, 0.1) is 25.0 Å². The zero-order chi connectivity index (χ0) is 15.4. The van der Waals surface area contributed by atoms with Crippen molar-refractivity contribution in [1.29, 1.82) is 0 Å². The molecule has 3 rings (SSSR count). The molecule has 0 unspecified atom stereocenters. The van der Waals surface area contributed by atoms with E-state index in [0.29, 0.717) is 6.04 Å². The van der Waals surface area contributed by atoms with Crippen molar-refractivity contribution in [2.24, 2.45) is 0 Å². The Labute approximate surface area is 132 Å². The van der Waals surface area contributed by atoms with Crippen LogP contribution < -0.4 is 0 Å². The van der Waals surface area contributed by atoms with Crippen LogP contribution in [0.25, 0.3) is 0 Å². The lowest BCUT2D eigenvalue weighted by molar-refractivity contribution is 0.0295. The molecule has 2 saturated heterocycles. The monoisotopic (exact) mass is 306 g/mol. The van der Waals surface area contributed by atoms with E-state index >= 15 is 0 Å². The lowest BCUT2D eigenvalue weighted by Crippen LogP contribution is -2.46. The summed E-state index contributed by atoms with van der Waals surface area (Å²) in [6, 6.07) is 2.16. The van der Waals surface area contributed by atoms with Gasteiger partial charge in [-0.05, 0) is 38.7 Å². The summed E-state index contributed by atoms with van der Waals surface area (Å²) in [5.74, 6) is 0.862. The maximum absolute atomic E-state index is 12.8. The average Bonchev–Trinajstić information content (AvgIpc) is 2.99. The summed E-state index contributed by atoms with van der Waals surface area (Å²) < 4.78 is 10.7. The van der Waals surface area contributed by atoms with E-state index in [1.54, 1.807) is 12.3 Å². The Hall–Kier alpha value is -1.33. The molecule has 0 radical (unpaired) electrons. The smallest absolute Gasteiger partial charge is 0.257 e. The second-order valence-corrected chi connectivity index (χ2v) is 6.28. The number of ether oxygens (including phenoxy) is 1. The number of aryl methyl sites for hydroxylation is 1. The van der Waals surface area contributed by atoms with Gasteiger partial charge in [-0.15, -0.1) is 0 Å². The first-order valence-corrected chi connectivity index (χ1v) is 8.41. The number of carbonyl (C=O) groups excluding carboxylic acids is 1. The molecule has 1 amide bonds. The number of rotatable bonds is 4. The summed E-state index contributed by atoms with van der Waals surface area (Å²) in [6.45, 7) is 7.49. The topological polar surface area (TPSA) is 45.9 Å². The predicted molar refractivity (Wildman–Crippen MR) is 84.0 cm³/mol. The van der Waals surface area contributed by atoms with Crippen molar-refractivity contribution < 1.29 is 13.9 Å². The fourth-order valence-electron chi connectivity index (χ4n) is 3.49. The highest BCUT2D eigenvalue weighted by atomic mass is 16.5. The Morgan fingerprint density at radius 1 is 1.27 bits per heavy atom. The number of hydrogen-bond acceptors (Lipinski definition) is 4. The van der Waals surface area contributed by atoms with Crippen LogP contribution in [0.2, 0.25) is 0 Å². The van der Waals surface area contributed by atoms with Gasteiger partial charge in [0.1, 0.15) is 5.76 Å². The molecule has 22 heavy (non-hydrogen) atoms. The molecule has 0 N–H and O–H groups in total. The first-order chi connectivity index (χ1) is 10.8. The van der Waals surface area contributed by atoms with Gasteiger partial charge in [0.15, 0.2) is 0 Å². The Kier molecular flexibility index (Phi) is 5.16. The van der Waals surface area contributed by atoms with Gasteiger partial charge in [-0.1, -0.05) is 0 Å². The van der Waals surface area contributed by atoms with E-state index in [9.17, 15) is 4.79 Å². The molecular weight excluding hydrogens is 280 g/mol. The fourth-order valence-corrected chi connectivity index (χ4v) is 3.49. The van der Waals surface area contributed by atoms with E-state index in [0.717, 1.165) is 70.0 Å². The number of piperidine rings is 1. The highest BCUT2D eigenvalue weighted by Gasteiger charge is 2.29. The normalized spacial score (nSPS) is 23.7. The zero-order valence-corrected chi connectivity index (χ0v) is 13.4. The van der Waals surface area contributed by atoms with Crippen molar-refractivity contribution in [2.45, 2.75) is 38.6 Å². The number of morpholine rings is 1. The van der Waals surface area contributed by atoms with Crippen LogP contribution in [0.3, 0.4) is 0 Å². The third-order valence-corrected chi connectivity index (χ3v) is 4.86. The van der Waals surface area contributed by atoms with Gasteiger partial charge in [-0.2, -0.15) is 0 Å². The number of carbonyl (C=O) groups is 1. The second kappa shape index (κ2) is 7.29. The largest absolute Gasteiger partial charge is 0.469 e. The molecule has 1 aromatic heterocycles. The Bertz CT molecular complexity index is 494. The van der Waals surface area contributed by atoms with Gasteiger partial charge in [0, 0.05) is 32.2 Å². The molecule has 0 spiro atoms. The van der Waals surface area contributed by atoms with Crippen molar-refractivity contribution in [3.8, 4) is 0 Å². The molecule has 0 saturated carbocycles. The van der Waals surface area contributed by atoms with Crippen LogP contribution in [0.5, 0.6) is 0 Å². The summed E-state index contributed by atoms with van der Waals surface area (Å²) in [6.07, 6.45) is 6.11. The van der Waals surface area contributed by atoms with Crippen molar-refractivity contribution in [3.05, 3.63) is 23.7 Å². The third kappa shape index (κ3) is 3.52. The van der Waals surface area contributed by atoms with Crippen molar-refractivity contribution in [3.63, 3.8) is 0 Å². The van der Waals surface area contributed by atoms with Crippen LogP contribution in [0, 0.1) is 6.92 Å². The summed E-state index contributed by atoms with van der Waals surface area (Å²) in [4.78, 5) is 17.3. The van der Waals surface area contributed by atoms with Crippen molar-refractivity contribution >= 4 is 5.91 Å². The third-order valence-electron chi connectivity index (χ3n) is 4.86. The Morgan fingerprint density at radius 2 is 2.09 bits per heavy atom. The molecule has 0 aromatic carbocycles. The molecule has 2 aliphatic rings. The van der Waals surface area contributed by atoms with Crippen LogP contribution in [-0.2, 0) is 4.74 Å². The number of furan rings is 1. The molecule has 1 atom stereocenters. The lowest BCUT2D eigenvalue weighted by Gasteiger charge is -2.37. The number of likely N-dealkylation sites (tertiary alicyclic amines) is 1. The van der Waals surface area contributed by atoms with Crippen molar-refractivity contribution in [2.75, 3.05) is 39.4 Å². The minimum absolute atomic E-state index is 0.137. The van der Waals surface area contributed by atoms with Crippen LogP contribution >= 0.6 is 0 Å². The average molecular weight is 306 g/mol. The first-order valence-electron chi connectivity index (χ1n) is 8.41. The molecule has 2 aliphatic heterocycles. The van der Waals surface area contributed by atoms with Gasteiger partial charge in [-0.25, -0.2) is 0 Å². The standard InChI is InChI=1S/C17H26N2O3/c1-14-16(6-11-22-14)17(20)19-7-3-2-4-15(19)5-8-18-9-12-21-13-10-18/h6,11,15H,2-5,7-10,12-13H2,1H3/t15-/m1/s1. The molecule has 0 aliphatic carbocycles. The second-order valence-electron chi connectivity index (χ2n) is 6.28. The summed E-state index contributed by atoms with van der Waals surface area (Å²) in [5.41, 5.74) is 0.721. The fraction of sp³-hybridized carbons (Fsp3) is 0.706. The number of hydrogen-bond donors (Lipinski definition) is 0. The molecular formula is C17H26N2O3. The zero-order valence-electron chi connectivity index (χ0n) is 13.4. The van der Waals surface area contributed by atoms with Crippen molar-refractivity contribution in [1.82, 2.24) is 9.80 Å². The molecule has 0 bridgehead atoms. The van der Waals surface area contributed by atoms with E-state index in [2.05, 4.69) is 9.80 Å². The van der Waals surface area contributed by atoms with Gasteiger partial charge in [0.2, 0.25) is 0 Å². The number of nitrogens with zero attached hydrogens (tertiary/aromatic N) is 2. The van der Waals surface area contributed by atoms with E-state index in [1.807, 2.05) is 6.92 Å². The summed E-state index contributed by atoms with van der Waals surface area (Å²) in [7, 11) is 0. The highest BCUT2D eigenvalue weighted by Crippen LogP contribution is 2.24. The van der Waals surface area contributed by atoms with Gasteiger partial charge in [0.25, 0.3) is 5.91 Å². The summed E-state index contributed by atoms with van der Waals surface area (Å²) in [5, 5.41) is 0.